The summed E-state index contributed by atoms with van der Waals surface area (Å²) in [6.45, 7) is 3.82. The number of aromatic nitrogens is 3. The van der Waals surface area contributed by atoms with Gasteiger partial charge in [0.2, 0.25) is 10.7 Å². The highest BCUT2D eigenvalue weighted by atomic mass is 35.5. The number of amides is 1. The Hall–Kier alpha value is -3.13. The van der Waals surface area contributed by atoms with Crippen molar-refractivity contribution in [2.45, 2.75) is 20.4 Å². The molecule has 0 bridgehead atoms. The zero-order chi connectivity index (χ0) is 24.4. The van der Waals surface area contributed by atoms with E-state index in [9.17, 15) is 4.79 Å². The molecule has 1 aromatic heterocycles. The van der Waals surface area contributed by atoms with Gasteiger partial charge in [-0.25, -0.2) is 4.68 Å². The van der Waals surface area contributed by atoms with Crippen molar-refractivity contribution in [3.8, 4) is 22.8 Å². The van der Waals surface area contributed by atoms with Gasteiger partial charge in [-0.2, -0.15) is 5.10 Å². The molecule has 0 aliphatic heterocycles. The van der Waals surface area contributed by atoms with E-state index in [4.69, 9.17) is 40.2 Å². The third kappa shape index (κ3) is 4.73. The van der Waals surface area contributed by atoms with Crippen LogP contribution in [-0.4, -0.2) is 27.4 Å². The number of halogens is 2. The lowest BCUT2D eigenvalue weighted by Crippen LogP contribution is -2.21. The van der Waals surface area contributed by atoms with Crippen LogP contribution >= 0.6 is 35.4 Å². The molecule has 6 nitrogen and oxygen atoms in total. The summed E-state index contributed by atoms with van der Waals surface area (Å²) in [5.41, 5.74) is 4.04. The first-order chi connectivity index (χ1) is 16.3. The fourth-order valence-electron chi connectivity index (χ4n) is 3.71. The Morgan fingerprint density at radius 3 is 2.44 bits per heavy atom. The minimum Gasteiger partial charge on any atom is -0.495 e. The van der Waals surface area contributed by atoms with Crippen molar-refractivity contribution in [1.29, 1.82) is 0 Å². The third-order valence-corrected chi connectivity index (χ3v) is 6.32. The van der Waals surface area contributed by atoms with E-state index in [1.807, 2.05) is 56.3 Å². The molecule has 1 N–H and O–H groups in total. The fraction of sp³-hybridized carbons (Fsp3) is 0.160. The largest absolute Gasteiger partial charge is 0.495 e. The van der Waals surface area contributed by atoms with Gasteiger partial charge in [-0.15, -0.1) is 0 Å². The van der Waals surface area contributed by atoms with Gasteiger partial charge in [-0.1, -0.05) is 53.5 Å². The van der Waals surface area contributed by atoms with E-state index in [0.717, 1.165) is 16.8 Å². The highest BCUT2D eigenvalue weighted by molar-refractivity contribution is 7.71. The molecule has 0 spiro atoms. The molecule has 1 amide bonds. The summed E-state index contributed by atoms with van der Waals surface area (Å²) >= 11 is 18.4. The number of rotatable bonds is 6. The molecule has 0 radical (unpaired) electrons. The highest BCUT2D eigenvalue weighted by Crippen LogP contribution is 2.33. The number of aryl methyl sites for hydroxylation is 2. The maximum absolute atomic E-state index is 13.0. The van der Waals surface area contributed by atoms with Crippen molar-refractivity contribution in [3.63, 3.8) is 0 Å². The molecular formula is C25H22Cl2N4O2S. The molecule has 1 heterocycles. The van der Waals surface area contributed by atoms with Crippen LogP contribution in [0.1, 0.15) is 11.1 Å². The fourth-order valence-corrected chi connectivity index (χ4v) is 4.50. The van der Waals surface area contributed by atoms with E-state index in [2.05, 4.69) is 10.4 Å². The van der Waals surface area contributed by atoms with Gasteiger partial charge in [0.05, 0.1) is 17.8 Å². The minimum absolute atomic E-state index is 0.0764. The van der Waals surface area contributed by atoms with Crippen LogP contribution in [0.2, 0.25) is 10.0 Å². The summed E-state index contributed by atoms with van der Waals surface area (Å²) in [6, 6.07) is 18.4. The number of ether oxygens (including phenoxy) is 1. The van der Waals surface area contributed by atoms with Gasteiger partial charge >= 0.3 is 0 Å². The summed E-state index contributed by atoms with van der Waals surface area (Å²) in [7, 11) is 1.58. The Labute approximate surface area is 212 Å². The number of carbonyl (C=O) groups excluding carboxylic acids is 1. The standard InChI is InChI=1S/C25H22Cl2N4O2S/c1-15-7-6-8-16(2)23(15)28-22(32)14-30-25(34)31(20-9-4-5-10-21(20)33-3)24(29-30)18-12-11-17(26)13-19(18)27/h4-13H,14H2,1-3H3,(H,28,32). The van der Waals surface area contributed by atoms with Crippen molar-refractivity contribution in [2.75, 3.05) is 12.4 Å². The monoisotopic (exact) mass is 512 g/mol. The zero-order valence-electron chi connectivity index (χ0n) is 18.8. The molecule has 0 fully saturated rings. The summed E-state index contributed by atoms with van der Waals surface area (Å²) in [6.07, 6.45) is 0. The first-order valence-electron chi connectivity index (χ1n) is 10.4. The van der Waals surface area contributed by atoms with Gasteiger partial charge in [0.15, 0.2) is 5.82 Å². The van der Waals surface area contributed by atoms with Gasteiger partial charge in [-0.3, -0.25) is 9.36 Å². The number of anilines is 1. The molecule has 0 atom stereocenters. The predicted molar refractivity (Wildman–Crippen MR) is 139 cm³/mol. The molecule has 4 aromatic rings. The SMILES string of the molecule is COc1ccccc1-n1c(-c2ccc(Cl)cc2Cl)nn(CC(=O)Nc2c(C)cccc2C)c1=S. The van der Waals surface area contributed by atoms with Crippen molar-refractivity contribution in [1.82, 2.24) is 14.3 Å². The Morgan fingerprint density at radius 2 is 1.76 bits per heavy atom. The van der Waals surface area contributed by atoms with Crippen LogP contribution in [0.3, 0.4) is 0 Å². The van der Waals surface area contributed by atoms with E-state index in [-0.39, 0.29) is 12.5 Å². The lowest BCUT2D eigenvalue weighted by molar-refractivity contribution is -0.116. The molecule has 34 heavy (non-hydrogen) atoms. The molecule has 174 valence electrons. The summed E-state index contributed by atoms with van der Waals surface area (Å²) in [5, 5.41) is 8.58. The normalized spacial score (nSPS) is 10.9. The molecule has 0 aliphatic rings. The van der Waals surface area contributed by atoms with Gasteiger partial charge in [0, 0.05) is 16.3 Å². The van der Waals surface area contributed by atoms with Crippen molar-refractivity contribution in [2.24, 2.45) is 0 Å². The Kier molecular flexibility index (Phi) is 7.07. The van der Waals surface area contributed by atoms with Crippen LogP contribution in [0, 0.1) is 18.6 Å². The number of methoxy groups -OCH3 is 1. The van der Waals surface area contributed by atoms with Gasteiger partial charge in [0.25, 0.3) is 0 Å². The van der Waals surface area contributed by atoms with Crippen molar-refractivity contribution < 1.29 is 9.53 Å². The molecule has 3 aromatic carbocycles. The lowest BCUT2D eigenvalue weighted by Gasteiger charge is -2.12. The second kappa shape index (κ2) is 10.0. The van der Waals surface area contributed by atoms with Crippen LogP contribution in [-0.2, 0) is 11.3 Å². The third-order valence-electron chi connectivity index (χ3n) is 5.38. The van der Waals surface area contributed by atoms with E-state index < -0.39 is 0 Å². The summed E-state index contributed by atoms with van der Waals surface area (Å²) in [5.74, 6) is 0.826. The van der Waals surface area contributed by atoms with E-state index >= 15 is 0 Å². The van der Waals surface area contributed by atoms with Gasteiger partial charge < -0.3 is 10.1 Å². The Balaban J connectivity index is 1.81. The van der Waals surface area contributed by atoms with E-state index in [1.54, 1.807) is 29.9 Å². The van der Waals surface area contributed by atoms with Crippen LogP contribution < -0.4 is 10.1 Å². The highest BCUT2D eigenvalue weighted by Gasteiger charge is 2.21. The average molecular weight is 513 g/mol. The summed E-state index contributed by atoms with van der Waals surface area (Å²) in [4.78, 5) is 13.0. The van der Waals surface area contributed by atoms with Crippen LogP contribution in [0.15, 0.2) is 60.7 Å². The molecule has 4 rings (SSSR count). The quantitative estimate of drug-likeness (QED) is 0.294. The minimum atomic E-state index is -0.244. The number of hydrogen-bond acceptors (Lipinski definition) is 4. The smallest absolute Gasteiger partial charge is 0.246 e. The molecule has 0 saturated heterocycles. The topological polar surface area (TPSA) is 61.1 Å². The Morgan fingerprint density at radius 1 is 1.06 bits per heavy atom. The zero-order valence-corrected chi connectivity index (χ0v) is 21.1. The van der Waals surface area contributed by atoms with Crippen molar-refractivity contribution in [3.05, 3.63) is 86.6 Å². The molecule has 0 unspecified atom stereocenters. The Bertz CT molecular complexity index is 1430. The number of nitrogens with one attached hydrogen (secondary N) is 1. The molecule has 0 aliphatic carbocycles. The van der Waals surface area contributed by atoms with Gasteiger partial charge in [-0.05, 0) is 67.5 Å². The number of hydrogen-bond donors (Lipinski definition) is 1. The number of carbonyl (C=O) groups is 1. The maximum Gasteiger partial charge on any atom is 0.246 e. The van der Waals surface area contributed by atoms with Crippen LogP contribution in [0.4, 0.5) is 5.69 Å². The van der Waals surface area contributed by atoms with E-state index in [1.165, 1.54) is 4.68 Å². The first kappa shape index (κ1) is 24.0. The lowest BCUT2D eigenvalue weighted by atomic mass is 10.1. The average Bonchev–Trinajstić information content (AvgIpc) is 3.11. The van der Waals surface area contributed by atoms with E-state index in [0.29, 0.717) is 37.6 Å². The molecule has 9 heteroatoms. The van der Waals surface area contributed by atoms with Gasteiger partial charge in [0.1, 0.15) is 12.3 Å². The van der Waals surface area contributed by atoms with Crippen LogP contribution in [0.5, 0.6) is 5.75 Å². The second-order valence-electron chi connectivity index (χ2n) is 7.71. The number of para-hydroxylation sites is 3. The van der Waals surface area contributed by atoms with Crippen LogP contribution in [0.25, 0.3) is 17.1 Å². The number of benzene rings is 3. The molecular weight excluding hydrogens is 491 g/mol. The maximum atomic E-state index is 13.0. The summed E-state index contributed by atoms with van der Waals surface area (Å²) < 4.78 is 9.10. The van der Waals surface area contributed by atoms with Crippen molar-refractivity contribution >= 4 is 47.0 Å². The first-order valence-corrected chi connectivity index (χ1v) is 11.6. The molecule has 0 saturated carbocycles. The second-order valence-corrected chi connectivity index (χ2v) is 8.92. The predicted octanol–water partition coefficient (Wildman–Crippen LogP) is 6.64. The number of nitrogens with zero attached hydrogens (tertiary/aromatic N) is 3.